The van der Waals surface area contributed by atoms with Gasteiger partial charge in [0.25, 0.3) is 0 Å². The third kappa shape index (κ3) is 4.41. The molecule has 1 aliphatic heterocycles. The lowest BCUT2D eigenvalue weighted by molar-refractivity contribution is -0.127. The number of aryl methyl sites for hydroxylation is 3. The molecule has 1 N–H and O–H groups in total. The van der Waals surface area contributed by atoms with Gasteiger partial charge in [-0.1, -0.05) is 35.7 Å². The van der Waals surface area contributed by atoms with Gasteiger partial charge in [-0.25, -0.2) is 0 Å². The molecule has 4 rings (SSSR count). The van der Waals surface area contributed by atoms with Gasteiger partial charge in [0.1, 0.15) is 0 Å². The van der Waals surface area contributed by atoms with Crippen molar-refractivity contribution in [2.24, 2.45) is 5.92 Å². The zero-order valence-electron chi connectivity index (χ0n) is 16.5. The van der Waals surface area contributed by atoms with Crippen LogP contribution in [-0.4, -0.2) is 27.1 Å². The van der Waals surface area contributed by atoms with E-state index in [1.807, 2.05) is 0 Å². The van der Waals surface area contributed by atoms with Crippen LogP contribution in [0.5, 0.6) is 0 Å². The monoisotopic (exact) mass is 366 g/mol. The zero-order valence-corrected chi connectivity index (χ0v) is 16.5. The van der Waals surface area contributed by atoms with Crippen LogP contribution in [0, 0.1) is 19.8 Å². The fourth-order valence-electron chi connectivity index (χ4n) is 4.22. The fraction of sp³-hybridized carbons (Fsp3) is 0.545. The first-order valence-corrected chi connectivity index (χ1v) is 10.2. The maximum absolute atomic E-state index is 12.1. The van der Waals surface area contributed by atoms with Crippen molar-refractivity contribution in [3.63, 3.8) is 0 Å². The summed E-state index contributed by atoms with van der Waals surface area (Å²) in [5, 5.41) is 7.79. The number of aromatic nitrogens is 2. The SMILES string of the molecule is Cc1cc(C)cc(CN2CCCn3nc(CNC(=O)C4CCC4)cc3C2)c1. The van der Waals surface area contributed by atoms with E-state index in [9.17, 15) is 4.79 Å². The molecular formula is C22H30N4O. The van der Waals surface area contributed by atoms with Crippen molar-refractivity contribution in [3.8, 4) is 0 Å². The minimum absolute atomic E-state index is 0.195. The molecule has 0 saturated heterocycles. The molecule has 0 unspecified atom stereocenters. The summed E-state index contributed by atoms with van der Waals surface area (Å²) in [5.74, 6) is 0.430. The summed E-state index contributed by atoms with van der Waals surface area (Å²) >= 11 is 0. The third-order valence-electron chi connectivity index (χ3n) is 5.75. The number of carbonyl (C=O) groups is 1. The number of rotatable bonds is 5. The normalized spacial score (nSPS) is 17.9. The third-order valence-corrected chi connectivity index (χ3v) is 5.75. The Kier molecular flexibility index (Phi) is 5.30. The van der Waals surface area contributed by atoms with Crippen LogP contribution >= 0.6 is 0 Å². The predicted molar refractivity (Wildman–Crippen MR) is 106 cm³/mol. The van der Waals surface area contributed by atoms with E-state index in [4.69, 9.17) is 5.10 Å². The smallest absolute Gasteiger partial charge is 0.223 e. The molecule has 0 spiro atoms. The number of carbonyl (C=O) groups excluding carboxylic acids is 1. The summed E-state index contributed by atoms with van der Waals surface area (Å²) in [6.07, 6.45) is 4.37. The van der Waals surface area contributed by atoms with Crippen LogP contribution < -0.4 is 5.32 Å². The minimum atomic E-state index is 0.195. The molecule has 2 aromatic rings. The van der Waals surface area contributed by atoms with Crippen LogP contribution in [-0.2, 0) is 31.0 Å². The predicted octanol–water partition coefficient (Wildman–Crippen LogP) is 3.32. The van der Waals surface area contributed by atoms with Crippen molar-refractivity contribution in [3.05, 3.63) is 52.3 Å². The summed E-state index contributed by atoms with van der Waals surface area (Å²) in [5.41, 5.74) is 6.27. The first-order valence-electron chi connectivity index (χ1n) is 10.2. The van der Waals surface area contributed by atoms with Gasteiger partial charge in [0.15, 0.2) is 0 Å². The summed E-state index contributed by atoms with van der Waals surface area (Å²) < 4.78 is 2.13. The number of nitrogens with one attached hydrogen (secondary N) is 1. The van der Waals surface area contributed by atoms with E-state index < -0.39 is 0 Å². The molecule has 27 heavy (non-hydrogen) atoms. The van der Waals surface area contributed by atoms with Gasteiger partial charge in [0.2, 0.25) is 5.91 Å². The van der Waals surface area contributed by atoms with E-state index in [1.165, 1.54) is 28.8 Å². The van der Waals surface area contributed by atoms with Gasteiger partial charge >= 0.3 is 0 Å². The lowest BCUT2D eigenvalue weighted by Gasteiger charge is -2.23. The summed E-state index contributed by atoms with van der Waals surface area (Å²) in [6, 6.07) is 8.97. The molecule has 1 aliphatic carbocycles. The van der Waals surface area contributed by atoms with E-state index >= 15 is 0 Å². The molecule has 1 amide bonds. The molecule has 0 bridgehead atoms. The number of benzene rings is 1. The molecule has 2 aliphatic rings. The molecule has 5 nitrogen and oxygen atoms in total. The molecule has 5 heteroatoms. The van der Waals surface area contributed by atoms with Crippen LogP contribution in [0.4, 0.5) is 0 Å². The average molecular weight is 367 g/mol. The highest BCUT2D eigenvalue weighted by Gasteiger charge is 2.25. The summed E-state index contributed by atoms with van der Waals surface area (Å²) in [4.78, 5) is 14.6. The number of hydrogen-bond donors (Lipinski definition) is 1. The Bertz CT molecular complexity index is 801. The second-order valence-corrected chi connectivity index (χ2v) is 8.26. The Labute approximate surface area is 161 Å². The maximum Gasteiger partial charge on any atom is 0.223 e. The Morgan fingerprint density at radius 3 is 2.59 bits per heavy atom. The Morgan fingerprint density at radius 1 is 1.11 bits per heavy atom. The van der Waals surface area contributed by atoms with Gasteiger partial charge in [0.05, 0.1) is 17.9 Å². The van der Waals surface area contributed by atoms with E-state index in [0.717, 1.165) is 51.1 Å². The van der Waals surface area contributed by atoms with Crippen LogP contribution in [0.1, 0.15) is 53.8 Å². The molecule has 1 aromatic heterocycles. The molecular weight excluding hydrogens is 336 g/mol. The maximum atomic E-state index is 12.1. The number of nitrogens with zero attached hydrogens (tertiary/aromatic N) is 3. The number of fused-ring (bicyclic) bond motifs is 1. The highest BCUT2D eigenvalue weighted by Crippen LogP contribution is 2.26. The molecule has 1 fully saturated rings. The van der Waals surface area contributed by atoms with E-state index in [1.54, 1.807) is 0 Å². The zero-order chi connectivity index (χ0) is 18.8. The molecule has 1 saturated carbocycles. The van der Waals surface area contributed by atoms with Crippen LogP contribution in [0.3, 0.4) is 0 Å². The number of hydrogen-bond acceptors (Lipinski definition) is 3. The molecule has 1 aromatic carbocycles. The van der Waals surface area contributed by atoms with Crippen LogP contribution in [0.25, 0.3) is 0 Å². The van der Waals surface area contributed by atoms with Gasteiger partial charge in [-0.3, -0.25) is 14.4 Å². The highest BCUT2D eigenvalue weighted by atomic mass is 16.1. The van der Waals surface area contributed by atoms with Crippen LogP contribution in [0.2, 0.25) is 0 Å². The van der Waals surface area contributed by atoms with Gasteiger partial charge in [-0.15, -0.1) is 0 Å². The standard InChI is InChI=1S/C22H30N4O/c1-16-9-17(2)11-18(10-16)14-25-7-4-8-26-21(15-25)12-20(24-26)13-23-22(27)19-5-3-6-19/h9-12,19H,3-8,13-15H2,1-2H3,(H,23,27). The molecule has 0 radical (unpaired) electrons. The Balaban J connectivity index is 1.39. The molecule has 2 heterocycles. The first-order chi connectivity index (χ1) is 13.1. The van der Waals surface area contributed by atoms with Crippen molar-refractivity contribution in [1.82, 2.24) is 20.0 Å². The Morgan fingerprint density at radius 2 is 1.89 bits per heavy atom. The average Bonchev–Trinajstić information content (AvgIpc) is 2.83. The van der Waals surface area contributed by atoms with E-state index in [0.29, 0.717) is 6.54 Å². The molecule has 0 atom stereocenters. The van der Waals surface area contributed by atoms with Crippen molar-refractivity contribution >= 4 is 5.91 Å². The summed E-state index contributed by atoms with van der Waals surface area (Å²) in [7, 11) is 0. The molecule has 144 valence electrons. The Hall–Kier alpha value is -2.14. The van der Waals surface area contributed by atoms with E-state index in [-0.39, 0.29) is 11.8 Å². The highest BCUT2D eigenvalue weighted by molar-refractivity contribution is 5.79. The lowest BCUT2D eigenvalue weighted by Crippen LogP contribution is -2.34. The van der Waals surface area contributed by atoms with Gasteiger partial charge < -0.3 is 5.32 Å². The quantitative estimate of drug-likeness (QED) is 0.883. The van der Waals surface area contributed by atoms with Crippen molar-refractivity contribution in [2.75, 3.05) is 6.54 Å². The van der Waals surface area contributed by atoms with Crippen molar-refractivity contribution in [1.29, 1.82) is 0 Å². The topological polar surface area (TPSA) is 50.2 Å². The largest absolute Gasteiger partial charge is 0.350 e. The second kappa shape index (κ2) is 7.85. The van der Waals surface area contributed by atoms with Gasteiger partial charge in [0, 0.05) is 32.1 Å². The number of amides is 1. The van der Waals surface area contributed by atoms with Crippen molar-refractivity contribution in [2.45, 2.75) is 65.7 Å². The van der Waals surface area contributed by atoms with E-state index in [2.05, 4.69) is 53.0 Å². The first kappa shape index (κ1) is 18.2. The summed E-state index contributed by atoms with van der Waals surface area (Å²) in [6.45, 7) is 8.81. The second-order valence-electron chi connectivity index (χ2n) is 8.26. The lowest BCUT2D eigenvalue weighted by atomic mass is 9.85. The van der Waals surface area contributed by atoms with Crippen LogP contribution in [0.15, 0.2) is 24.3 Å². The fourth-order valence-corrected chi connectivity index (χ4v) is 4.22. The van der Waals surface area contributed by atoms with Gasteiger partial charge in [-0.2, -0.15) is 5.10 Å². The van der Waals surface area contributed by atoms with Gasteiger partial charge in [-0.05, 0) is 44.7 Å². The minimum Gasteiger partial charge on any atom is -0.350 e. The van der Waals surface area contributed by atoms with Crippen molar-refractivity contribution < 1.29 is 4.79 Å².